The van der Waals surface area contributed by atoms with Gasteiger partial charge in [-0.25, -0.2) is 4.79 Å². The molecule has 0 aliphatic carbocycles. The van der Waals surface area contributed by atoms with Crippen molar-refractivity contribution in [3.8, 4) is 0 Å². The van der Waals surface area contributed by atoms with Crippen molar-refractivity contribution in [1.82, 2.24) is 14.7 Å². The van der Waals surface area contributed by atoms with E-state index >= 15 is 0 Å². The van der Waals surface area contributed by atoms with Crippen LogP contribution >= 0.6 is 0 Å². The van der Waals surface area contributed by atoms with Crippen LogP contribution in [0.5, 0.6) is 0 Å². The van der Waals surface area contributed by atoms with Gasteiger partial charge in [0.05, 0.1) is 6.20 Å². The largest absolute Gasteiger partial charge is 0.385 e. The summed E-state index contributed by atoms with van der Waals surface area (Å²) in [5.74, 6) is 0.326. The van der Waals surface area contributed by atoms with Crippen LogP contribution in [0.15, 0.2) is 41.5 Å². The third-order valence-corrected chi connectivity index (χ3v) is 3.83. The minimum atomic E-state index is -0.341. The molecule has 1 atom stereocenters. The number of hydrogen-bond acceptors (Lipinski definition) is 3. The normalized spacial score (nSPS) is 18.2. The Kier molecular flexibility index (Phi) is 3.21. The summed E-state index contributed by atoms with van der Waals surface area (Å²) >= 11 is 0. The molecule has 0 spiro atoms. The quantitative estimate of drug-likeness (QED) is 0.932. The molecule has 1 aliphatic rings. The molecule has 0 saturated heterocycles. The molecule has 2 amide bonds. The van der Waals surface area contributed by atoms with Gasteiger partial charge < -0.3 is 10.6 Å². The van der Waals surface area contributed by atoms with E-state index in [0.717, 1.165) is 16.8 Å². The molecule has 1 aromatic heterocycles. The van der Waals surface area contributed by atoms with Gasteiger partial charge in [-0.2, -0.15) is 10.1 Å². The van der Waals surface area contributed by atoms with Gasteiger partial charge in [-0.05, 0) is 12.5 Å². The Morgan fingerprint density at radius 3 is 2.62 bits per heavy atom. The first-order valence-corrected chi connectivity index (χ1v) is 6.75. The van der Waals surface area contributed by atoms with Crippen LogP contribution in [0.25, 0.3) is 0 Å². The van der Waals surface area contributed by atoms with E-state index in [1.165, 1.54) is 0 Å². The Morgan fingerprint density at radius 1 is 1.29 bits per heavy atom. The van der Waals surface area contributed by atoms with Crippen molar-refractivity contribution in [2.45, 2.75) is 19.5 Å². The molecule has 6 heteroatoms. The standard InChI is InChI=1S/C15H17N5O/c1-10-12(8-17-19(10)2)13-14(16)18-15(21)20(13)9-11-6-4-3-5-7-11/h3-8,13H,9H2,1-2H3,(H2,16,18,21). The fraction of sp³-hybridized carbons (Fsp3) is 0.267. The van der Waals surface area contributed by atoms with Crippen LogP contribution < -0.4 is 5.73 Å². The van der Waals surface area contributed by atoms with Crippen molar-refractivity contribution in [2.75, 3.05) is 0 Å². The molecular formula is C15H17N5O. The highest BCUT2D eigenvalue weighted by molar-refractivity contribution is 6.03. The third-order valence-electron chi connectivity index (χ3n) is 3.83. The van der Waals surface area contributed by atoms with Gasteiger partial charge in [0, 0.05) is 24.8 Å². The number of amidine groups is 1. The lowest BCUT2D eigenvalue weighted by Gasteiger charge is -2.24. The summed E-state index contributed by atoms with van der Waals surface area (Å²) in [5, 5.41) is 4.23. The number of rotatable bonds is 3. The van der Waals surface area contributed by atoms with Crippen LogP contribution in [0, 0.1) is 6.92 Å². The van der Waals surface area contributed by atoms with E-state index in [0.29, 0.717) is 12.4 Å². The Hall–Kier alpha value is -2.63. The Balaban J connectivity index is 1.95. The molecular weight excluding hydrogens is 266 g/mol. The Morgan fingerprint density at radius 2 is 2.00 bits per heavy atom. The van der Waals surface area contributed by atoms with Crippen LogP contribution in [0.2, 0.25) is 0 Å². The van der Waals surface area contributed by atoms with Crippen LogP contribution in [0.1, 0.15) is 22.9 Å². The summed E-state index contributed by atoms with van der Waals surface area (Å²) in [4.78, 5) is 17.7. The third kappa shape index (κ3) is 2.29. The number of aromatic nitrogens is 2. The molecule has 0 bridgehead atoms. The van der Waals surface area contributed by atoms with E-state index in [4.69, 9.17) is 5.73 Å². The van der Waals surface area contributed by atoms with Gasteiger partial charge in [-0.1, -0.05) is 30.3 Å². The van der Waals surface area contributed by atoms with E-state index < -0.39 is 0 Å². The van der Waals surface area contributed by atoms with E-state index in [2.05, 4.69) is 10.1 Å². The lowest BCUT2D eigenvalue weighted by Crippen LogP contribution is -2.33. The second-order valence-electron chi connectivity index (χ2n) is 5.14. The smallest absolute Gasteiger partial charge is 0.346 e. The monoisotopic (exact) mass is 283 g/mol. The van der Waals surface area contributed by atoms with Gasteiger partial charge in [0.25, 0.3) is 0 Å². The van der Waals surface area contributed by atoms with E-state index in [1.54, 1.807) is 15.8 Å². The molecule has 0 radical (unpaired) electrons. The molecule has 1 aliphatic heterocycles. The maximum atomic E-state index is 12.1. The van der Waals surface area contributed by atoms with Crippen molar-refractivity contribution < 1.29 is 4.79 Å². The zero-order chi connectivity index (χ0) is 15.0. The average Bonchev–Trinajstić information content (AvgIpc) is 2.93. The van der Waals surface area contributed by atoms with Gasteiger partial charge in [-0.15, -0.1) is 0 Å². The van der Waals surface area contributed by atoms with Gasteiger partial charge in [0.15, 0.2) is 0 Å². The van der Waals surface area contributed by atoms with Crippen molar-refractivity contribution in [1.29, 1.82) is 0 Å². The van der Waals surface area contributed by atoms with E-state index in [-0.39, 0.29) is 12.1 Å². The molecule has 2 N–H and O–H groups in total. The van der Waals surface area contributed by atoms with Gasteiger partial charge >= 0.3 is 6.03 Å². The second kappa shape index (κ2) is 5.05. The molecule has 6 nitrogen and oxygen atoms in total. The van der Waals surface area contributed by atoms with Gasteiger partial charge in [0.2, 0.25) is 0 Å². The number of nitrogens with two attached hydrogens (primary N) is 1. The summed E-state index contributed by atoms with van der Waals surface area (Å²) in [6.07, 6.45) is 1.75. The molecule has 108 valence electrons. The maximum Gasteiger partial charge on any atom is 0.346 e. The number of aliphatic imine (C=N–C) groups is 1. The number of urea groups is 1. The second-order valence-corrected chi connectivity index (χ2v) is 5.14. The summed E-state index contributed by atoms with van der Waals surface area (Å²) in [5.41, 5.74) is 8.91. The molecule has 3 rings (SSSR count). The molecule has 2 heterocycles. The highest BCUT2D eigenvalue weighted by Gasteiger charge is 2.36. The molecule has 0 fully saturated rings. The van der Waals surface area contributed by atoms with Crippen LogP contribution in [0.4, 0.5) is 4.79 Å². The first-order valence-electron chi connectivity index (χ1n) is 6.75. The fourth-order valence-corrected chi connectivity index (χ4v) is 2.56. The topological polar surface area (TPSA) is 76.5 Å². The minimum Gasteiger partial charge on any atom is -0.385 e. The number of hydrogen-bond donors (Lipinski definition) is 1. The molecule has 1 aromatic carbocycles. The van der Waals surface area contributed by atoms with E-state index in [9.17, 15) is 4.79 Å². The number of benzene rings is 1. The summed E-state index contributed by atoms with van der Waals surface area (Å²) in [7, 11) is 1.87. The first-order chi connectivity index (χ1) is 10.1. The molecule has 2 aromatic rings. The van der Waals surface area contributed by atoms with Crippen molar-refractivity contribution in [3.05, 3.63) is 53.3 Å². The number of carbonyl (C=O) groups excluding carboxylic acids is 1. The van der Waals surface area contributed by atoms with Crippen LogP contribution in [0.3, 0.4) is 0 Å². The SMILES string of the molecule is Cc1c(C2C(N)=NC(=O)N2Cc2ccccc2)cnn1C. The molecule has 1 unspecified atom stereocenters. The zero-order valence-corrected chi connectivity index (χ0v) is 12.0. The van der Waals surface area contributed by atoms with E-state index in [1.807, 2.05) is 44.3 Å². The Labute approximate surface area is 122 Å². The predicted octanol–water partition coefficient (Wildman–Crippen LogP) is 1.76. The highest BCUT2D eigenvalue weighted by atomic mass is 16.2. The van der Waals surface area contributed by atoms with Crippen molar-refractivity contribution >= 4 is 11.9 Å². The zero-order valence-electron chi connectivity index (χ0n) is 12.0. The lowest BCUT2D eigenvalue weighted by atomic mass is 10.1. The fourth-order valence-electron chi connectivity index (χ4n) is 2.56. The highest BCUT2D eigenvalue weighted by Crippen LogP contribution is 2.30. The van der Waals surface area contributed by atoms with Crippen LogP contribution in [-0.2, 0) is 13.6 Å². The van der Waals surface area contributed by atoms with Gasteiger partial charge in [0.1, 0.15) is 11.9 Å². The average molecular weight is 283 g/mol. The molecule has 0 saturated carbocycles. The summed E-state index contributed by atoms with van der Waals surface area (Å²) in [6.45, 7) is 2.43. The van der Waals surface area contributed by atoms with Gasteiger partial charge in [-0.3, -0.25) is 4.68 Å². The number of aryl methyl sites for hydroxylation is 1. The number of carbonyl (C=O) groups is 1. The van der Waals surface area contributed by atoms with Crippen LogP contribution in [-0.4, -0.2) is 26.5 Å². The summed E-state index contributed by atoms with van der Waals surface area (Å²) < 4.78 is 1.77. The van der Waals surface area contributed by atoms with Crippen molar-refractivity contribution in [2.24, 2.45) is 17.8 Å². The number of amides is 2. The lowest BCUT2D eigenvalue weighted by molar-refractivity contribution is 0.203. The Bertz CT molecular complexity index is 704. The summed E-state index contributed by atoms with van der Waals surface area (Å²) in [6, 6.07) is 9.16. The predicted molar refractivity (Wildman–Crippen MR) is 79.7 cm³/mol. The minimum absolute atomic E-state index is 0.301. The number of nitrogens with zero attached hydrogens (tertiary/aromatic N) is 4. The van der Waals surface area contributed by atoms with Crippen molar-refractivity contribution in [3.63, 3.8) is 0 Å². The molecule has 21 heavy (non-hydrogen) atoms. The maximum absolute atomic E-state index is 12.1. The first kappa shape index (κ1) is 13.4.